The third-order valence-corrected chi connectivity index (χ3v) is 3.97. The number of benzene rings is 1. The molecule has 0 aromatic heterocycles. The molecule has 2 heteroatoms. The maximum absolute atomic E-state index is 6.45. The van der Waals surface area contributed by atoms with Crippen LogP contribution in [0.4, 0.5) is 0 Å². The highest BCUT2D eigenvalue weighted by Gasteiger charge is 2.29. The Labute approximate surface area is 96.4 Å². The number of rotatable bonds is 3. The lowest BCUT2D eigenvalue weighted by molar-refractivity contribution is 0.362. The number of aryl methyl sites for hydroxylation is 1. The third-order valence-electron chi connectivity index (χ3n) is 3.36. The van der Waals surface area contributed by atoms with E-state index in [1.807, 2.05) is 11.8 Å². The van der Waals surface area contributed by atoms with Gasteiger partial charge in [0.15, 0.2) is 0 Å². The van der Waals surface area contributed by atoms with Crippen LogP contribution < -0.4 is 5.73 Å². The first kappa shape index (κ1) is 11.0. The van der Waals surface area contributed by atoms with Gasteiger partial charge in [-0.2, -0.15) is 11.8 Å². The summed E-state index contributed by atoms with van der Waals surface area (Å²) >= 11 is 1.90. The summed E-state index contributed by atoms with van der Waals surface area (Å²) in [5, 5.41) is 0. The van der Waals surface area contributed by atoms with E-state index in [4.69, 9.17) is 5.73 Å². The smallest absolute Gasteiger partial charge is 0.0206 e. The Hall–Kier alpha value is -0.470. The normalized spacial score (nSPS) is 24.9. The Balaban J connectivity index is 2.10. The monoisotopic (exact) mass is 221 g/mol. The molecule has 0 bridgehead atoms. The second-order valence-electron chi connectivity index (χ2n) is 4.55. The summed E-state index contributed by atoms with van der Waals surface area (Å²) in [5.74, 6) is 1.18. The Morgan fingerprint density at radius 1 is 1.33 bits per heavy atom. The van der Waals surface area contributed by atoms with Crippen LogP contribution in [0.25, 0.3) is 0 Å². The van der Waals surface area contributed by atoms with Gasteiger partial charge in [0.25, 0.3) is 0 Å². The molecule has 2 N–H and O–H groups in total. The zero-order chi connectivity index (χ0) is 10.7. The van der Waals surface area contributed by atoms with Crippen LogP contribution in [0.15, 0.2) is 24.3 Å². The van der Waals surface area contributed by atoms with Crippen molar-refractivity contribution in [2.45, 2.75) is 31.2 Å². The van der Waals surface area contributed by atoms with Gasteiger partial charge in [-0.25, -0.2) is 0 Å². The summed E-state index contributed by atoms with van der Waals surface area (Å²) < 4.78 is 0. The van der Waals surface area contributed by atoms with E-state index in [1.54, 1.807) is 0 Å². The number of thioether (sulfide) groups is 1. The zero-order valence-electron chi connectivity index (χ0n) is 9.33. The molecule has 0 aliphatic heterocycles. The van der Waals surface area contributed by atoms with E-state index in [1.165, 1.54) is 16.9 Å². The molecule has 1 aromatic rings. The molecule has 1 atom stereocenters. The second kappa shape index (κ2) is 4.58. The molecule has 0 fully saturated rings. The van der Waals surface area contributed by atoms with Crippen molar-refractivity contribution in [2.24, 2.45) is 5.73 Å². The van der Waals surface area contributed by atoms with Crippen LogP contribution in [0, 0.1) is 0 Å². The largest absolute Gasteiger partial charge is 0.325 e. The minimum Gasteiger partial charge on any atom is -0.325 e. The zero-order valence-corrected chi connectivity index (χ0v) is 10.1. The molecule has 1 unspecified atom stereocenters. The van der Waals surface area contributed by atoms with Crippen LogP contribution in [-0.4, -0.2) is 17.5 Å². The lowest BCUT2D eigenvalue weighted by Crippen LogP contribution is -2.45. The molecule has 1 aliphatic rings. The first-order chi connectivity index (χ1) is 7.23. The van der Waals surface area contributed by atoms with Crippen molar-refractivity contribution >= 4 is 11.8 Å². The Bertz CT molecular complexity index is 337. The third kappa shape index (κ3) is 2.56. The van der Waals surface area contributed by atoms with Crippen molar-refractivity contribution in [3.05, 3.63) is 35.4 Å². The molecule has 1 nitrogen and oxygen atoms in total. The van der Waals surface area contributed by atoms with Crippen LogP contribution in [0.3, 0.4) is 0 Å². The molecule has 0 spiro atoms. The molecule has 15 heavy (non-hydrogen) atoms. The predicted molar refractivity (Wildman–Crippen MR) is 68.4 cm³/mol. The van der Waals surface area contributed by atoms with E-state index in [0.717, 1.165) is 25.7 Å². The summed E-state index contributed by atoms with van der Waals surface area (Å²) in [5.41, 5.74) is 9.47. The number of fused-ring (bicyclic) bond motifs is 1. The Morgan fingerprint density at radius 3 is 2.80 bits per heavy atom. The lowest BCUT2D eigenvalue weighted by atomic mass is 9.77. The van der Waals surface area contributed by atoms with E-state index < -0.39 is 0 Å². The maximum Gasteiger partial charge on any atom is 0.0206 e. The molecule has 2 rings (SSSR count). The molecule has 0 saturated carbocycles. The van der Waals surface area contributed by atoms with Gasteiger partial charge in [0.1, 0.15) is 0 Å². The average molecular weight is 221 g/mol. The number of nitrogens with two attached hydrogens (primary N) is 1. The van der Waals surface area contributed by atoms with Gasteiger partial charge in [-0.1, -0.05) is 24.3 Å². The fourth-order valence-electron chi connectivity index (χ4n) is 2.34. The quantitative estimate of drug-likeness (QED) is 0.849. The molecular weight excluding hydrogens is 202 g/mol. The SMILES string of the molecule is CSCCC1(N)CCc2ccccc2C1. The van der Waals surface area contributed by atoms with Crippen molar-refractivity contribution in [3.63, 3.8) is 0 Å². The van der Waals surface area contributed by atoms with E-state index in [0.29, 0.717) is 0 Å². The van der Waals surface area contributed by atoms with Gasteiger partial charge in [0, 0.05) is 5.54 Å². The average Bonchev–Trinajstić information content (AvgIpc) is 2.26. The minimum absolute atomic E-state index is 0.0529. The van der Waals surface area contributed by atoms with Crippen LogP contribution in [-0.2, 0) is 12.8 Å². The van der Waals surface area contributed by atoms with E-state index >= 15 is 0 Å². The highest BCUT2D eigenvalue weighted by Crippen LogP contribution is 2.29. The lowest BCUT2D eigenvalue weighted by Gasteiger charge is -2.34. The van der Waals surface area contributed by atoms with Crippen molar-refractivity contribution in [1.82, 2.24) is 0 Å². The summed E-state index contributed by atoms with van der Waals surface area (Å²) in [6.45, 7) is 0. The first-order valence-electron chi connectivity index (χ1n) is 5.58. The van der Waals surface area contributed by atoms with E-state index in [9.17, 15) is 0 Å². The summed E-state index contributed by atoms with van der Waals surface area (Å²) in [6, 6.07) is 8.72. The van der Waals surface area contributed by atoms with Crippen molar-refractivity contribution in [3.8, 4) is 0 Å². The molecule has 0 heterocycles. The van der Waals surface area contributed by atoms with Gasteiger partial charge < -0.3 is 5.73 Å². The fraction of sp³-hybridized carbons (Fsp3) is 0.538. The standard InChI is InChI=1S/C13H19NS/c1-15-9-8-13(14)7-6-11-4-2-3-5-12(11)10-13/h2-5H,6-10,14H2,1H3. The topological polar surface area (TPSA) is 26.0 Å². The van der Waals surface area contributed by atoms with Crippen LogP contribution >= 0.6 is 11.8 Å². The van der Waals surface area contributed by atoms with E-state index in [2.05, 4.69) is 30.5 Å². The first-order valence-corrected chi connectivity index (χ1v) is 6.97. The summed E-state index contributed by atoms with van der Waals surface area (Å²) in [6.07, 6.45) is 6.65. The van der Waals surface area contributed by atoms with Gasteiger partial charge in [0.2, 0.25) is 0 Å². The van der Waals surface area contributed by atoms with Crippen molar-refractivity contribution in [2.75, 3.05) is 12.0 Å². The predicted octanol–water partition coefficient (Wildman–Crippen LogP) is 2.63. The highest BCUT2D eigenvalue weighted by molar-refractivity contribution is 7.98. The molecule has 0 radical (unpaired) electrons. The Kier molecular flexibility index (Phi) is 3.37. The van der Waals surface area contributed by atoms with Crippen LogP contribution in [0.5, 0.6) is 0 Å². The van der Waals surface area contributed by atoms with Gasteiger partial charge in [-0.3, -0.25) is 0 Å². The van der Waals surface area contributed by atoms with Gasteiger partial charge in [-0.15, -0.1) is 0 Å². The molecule has 0 saturated heterocycles. The molecule has 0 amide bonds. The van der Waals surface area contributed by atoms with E-state index in [-0.39, 0.29) is 5.54 Å². The minimum atomic E-state index is 0.0529. The van der Waals surface area contributed by atoms with Crippen molar-refractivity contribution < 1.29 is 0 Å². The van der Waals surface area contributed by atoms with Gasteiger partial charge >= 0.3 is 0 Å². The number of hydrogen-bond acceptors (Lipinski definition) is 2. The highest BCUT2D eigenvalue weighted by atomic mass is 32.2. The summed E-state index contributed by atoms with van der Waals surface area (Å²) in [7, 11) is 0. The molecule has 1 aliphatic carbocycles. The fourth-order valence-corrected chi connectivity index (χ4v) is 2.95. The molecular formula is C13H19NS. The molecule has 82 valence electrons. The second-order valence-corrected chi connectivity index (χ2v) is 5.54. The summed E-state index contributed by atoms with van der Waals surface area (Å²) in [4.78, 5) is 0. The van der Waals surface area contributed by atoms with Gasteiger partial charge in [-0.05, 0) is 48.8 Å². The van der Waals surface area contributed by atoms with Crippen molar-refractivity contribution in [1.29, 1.82) is 0 Å². The maximum atomic E-state index is 6.45. The molecule has 1 aromatic carbocycles. The van der Waals surface area contributed by atoms with Crippen LogP contribution in [0.2, 0.25) is 0 Å². The number of hydrogen-bond donors (Lipinski definition) is 1. The Morgan fingerprint density at radius 2 is 2.07 bits per heavy atom. The van der Waals surface area contributed by atoms with Gasteiger partial charge in [0.05, 0.1) is 0 Å². The van der Waals surface area contributed by atoms with Crippen LogP contribution in [0.1, 0.15) is 24.0 Å².